The molecule has 0 unspecified atom stereocenters. The van der Waals surface area contributed by atoms with Crippen molar-refractivity contribution >= 4 is 21.8 Å². The fourth-order valence-electron chi connectivity index (χ4n) is 6.37. The number of imidazole rings is 1. The third-order valence-corrected chi connectivity index (χ3v) is 10.8. The number of aliphatic imine (C=N–C) groups is 1. The van der Waals surface area contributed by atoms with Crippen LogP contribution in [-0.2, 0) is 21.2 Å². The molecule has 1 aromatic heterocycles. The van der Waals surface area contributed by atoms with Gasteiger partial charge >= 0.3 is 5.69 Å². The van der Waals surface area contributed by atoms with E-state index in [2.05, 4.69) is 10.3 Å². The van der Waals surface area contributed by atoms with E-state index < -0.39 is 27.7 Å². The van der Waals surface area contributed by atoms with Crippen molar-refractivity contribution in [3.05, 3.63) is 46.0 Å². The molecule has 2 aliphatic heterocycles. The number of nitrogens with zero attached hydrogens (tertiary/aromatic N) is 3. The summed E-state index contributed by atoms with van der Waals surface area (Å²) in [6.45, 7) is 2.25. The van der Waals surface area contributed by atoms with Crippen LogP contribution in [0, 0.1) is 18.8 Å². The van der Waals surface area contributed by atoms with Gasteiger partial charge in [0.05, 0.1) is 17.6 Å². The van der Waals surface area contributed by atoms with Gasteiger partial charge in [0.2, 0.25) is 22.3 Å². The Morgan fingerprint density at radius 1 is 1.15 bits per heavy atom. The Bertz CT molecular complexity index is 1470. The Morgan fingerprint density at radius 3 is 2.46 bits per heavy atom. The minimum Gasteiger partial charge on any atom is -0.493 e. The van der Waals surface area contributed by atoms with Crippen LogP contribution in [-0.4, -0.2) is 69.9 Å². The van der Waals surface area contributed by atoms with Crippen LogP contribution in [0.1, 0.15) is 62.5 Å². The molecule has 3 N–H and O–H groups in total. The van der Waals surface area contributed by atoms with Crippen molar-refractivity contribution < 1.29 is 27.1 Å². The second-order valence-electron chi connectivity index (χ2n) is 11.5. The molecule has 41 heavy (non-hydrogen) atoms. The zero-order valence-corrected chi connectivity index (χ0v) is 23.9. The van der Waals surface area contributed by atoms with Gasteiger partial charge in [0.1, 0.15) is 11.4 Å². The number of hydrogen-bond donors (Lipinski definition) is 3. The van der Waals surface area contributed by atoms with Crippen LogP contribution in [0.2, 0.25) is 0 Å². The summed E-state index contributed by atoms with van der Waals surface area (Å²) in [7, 11) is -3.58. The number of halogens is 2. The first-order valence-electron chi connectivity index (χ1n) is 14.2. The Morgan fingerprint density at radius 2 is 1.85 bits per heavy atom. The summed E-state index contributed by atoms with van der Waals surface area (Å²) in [6, 6.07) is 5.15. The van der Waals surface area contributed by atoms with Gasteiger partial charge in [-0.15, -0.1) is 0 Å². The third-order valence-electron chi connectivity index (χ3n) is 8.94. The molecule has 0 radical (unpaired) electrons. The van der Waals surface area contributed by atoms with Crippen molar-refractivity contribution in [1.82, 2.24) is 19.2 Å². The van der Waals surface area contributed by atoms with Crippen LogP contribution in [0.15, 0.2) is 34.2 Å². The summed E-state index contributed by atoms with van der Waals surface area (Å²) in [5.74, 6) is 0.595. The van der Waals surface area contributed by atoms with Crippen LogP contribution in [0.5, 0.6) is 5.88 Å². The summed E-state index contributed by atoms with van der Waals surface area (Å²) in [5.41, 5.74) is 0.691. The van der Waals surface area contributed by atoms with E-state index in [1.807, 2.05) is 6.92 Å². The number of rotatable bonds is 9. The number of sulfonamides is 1. The SMILES string of the molecule is Cc1cc(-n2c(O)c[nH]c2=O)ccc1CCS(=O)(=O)N1CCC2(CC1)N=C(C1CCC(CCC(F)F)CC1)NC2=O. The predicted molar refractivity (Wildman–Crippen MR) is 150 cm³/mol. The molecular formula is C28H37F2N5O5S. The quantitative estimate of drug-likeness (QED) is 0.410. The zero-order valence-electron chi connectivity index (χ0n) is 23.1. The third kappa shape index (κ3) is 6.25. The lowest BCUT2D eigenvalue weighted by Gasteiger charge is -2.34. The normalized spacial score (nSPS) is 23.2. The number of hydrogen-bond acceptors (Lipinski definition) is 6. The number of alkyl halides is 2. The standard InChI is InChI=1S/C28H37F2N5O5S/c1-18-16-22(35-24(36)17-31-27(35)38)8-7-20(18)10-15-41(39,40)34-13-11-28(12-14-34)26(37)32-25(33-28)21-5-2-19(3-6-21)4-9-23(29)30/h7-8,16-17,19,21,23,36H,2-6,9-15H2,1H3,(H,31,38)(H,32,33,37). The second-order valence-corrected chi connectivity index (χ2v) is 13.6. The number of H-pyrrole nitrogens is 1. The molecule has 1 saturated carbocycles. The highest BCUT2D eigenvalue weighted by Crippen LogP contribution is 2.37. The second kappa shape index (κ2) is 11.7. The maximum Gasteiger partial charge on any atom is 0.333 e. The highest BCUT2D eigenvalue weighted by molar-refractivity contribution is 7.89. The van der Waals surface area contributed by atoms with Crippen LogP contribution in [0.4, 0.5) is 8.78 Å². The lowest BCUT2D eigenvalue weighted by atomic mass is 9.79. The van der Waals surface area contributed by atoms with Gasteiger partial charge in [-0.05, 0) is 87.5 Å². The number of amidine groups is 1. The van der Waals surface area contributed by atoms with Gasteiger partial charge in [0, 0.05) is 25.4 Å². The predicted octanol–water partition coefficient (Wildman–Crippen LogP) is 3.27. The number of carbonyl (C=O) groups excluding carboxylic acids is 1. The molecule has 0 atom stereocenters. The van der Waals surface area contributed by atoms with Gasteiger partial charge < -0.3 is 15.4 Å². The van der Waals surface area contributed by atoms with E-state index in [1.54, 1.807) is 18.2 Å². The van der Waals surface area contributed by atoms with Crippen LogP contribution in [0.3, 0.4) is 0 Å². The smallest absolute Gasteiger partial charge is 0.333 e. The number of aromatic nitrogens is 2. The molecule has 1 amide bonds. The molecule has 2 fully saturated rings. The average molecular weight is 594 g/mol. The molecule has 5 rings (SSSR count). The number of amides is 1. The van der Waals surface area contributed by atoms with Crippen LogP contribution >= 0.6 is 0 Å². The number of piperidine rings is 1. The fourth-order valence-corrected chi connectivity index (χ4v) is 7.85. The van der Waals surface area contributed by atoms with Crippen molar-refractivity contribution in [2.75, 3.05) is 18.8 Å². The molecule has 2 aromatic rings. The van der Waals surface area contributed by atoms with Crippen molar-refractivity contribution in [2.24, 2.45) is 16.8 Å². The van der Waals surface area contributed by atoms with E-state index in [-0.39, 0.29) is 49.4 Å². The minimum atomic E-state index is -3.58. The molecule has 3 aliphatic rings. The molecule has 3 heterocycles. The Hall–Kier alpha value is -3.06. The van der Waals surface area contributed by atoms with E-state index in [1.165, 1.54) is 10.5 Å². The number of carbonyl (C=O) groups is 1. The number of nitrogens with one attached hydrogen (secondary N) is 2. The van der Waals surface area contributed by atoms with Crippen molar-refractivity contribution in [2.45, 2.75) is 76.7 Å². The number of aromatic amines is 1. The van der Waals surface area contributed by atoms with Gasteiger partial charge in [-0.1, -0.05) is 6.07 Å². The molecular weight excluding hydrogens is 556 g/mol. The van der Waals surface area contributed by atoms with E-state index >= 15 is 0 Å². The Labute approximate surface area is 237 Å². The number of aryl methyl sites for hydroxylation is 2. The summed E-state index contributed by atoms with van der Waals surface area (Å²) in [5, 5.41) is 12.9. The molecule has 1 aliphatic carbocycles. The molecule has 10 nitrogen and oxygen atoms in total. The maximum absolute atomic E-state index is 13.2. The van der Waals surface area contributed by atoms with E-state index in [9.17, 15) is 31.9 Å². The van der Waals surface area contributed by atoms with Gasteiger partial charge in [0.15, 0.2) is 0 Å². The molecule has 224 valence electrons. The molecule has 1 spiro atoms. The maximum atomic E-state index is 13.2. The van der Waals surface area contributed by atoms with Gasteiger partial charge in [-0.2, -0.15) is 0 Å². The van der Waals surface area contributed by atoms with E-state index in [4.69, 9.17) is 4.99 Å². The van der Waals surface area contributed by atoms with Gasteiger partial charge in [-0.25, -0.2) is 30.9 Å². The first-order valence-corrected chi connectivity index (χ1v) is 15.8. The minimum absolute atomic E-state index is 0.0660. The Kier molecular flexibility index (Phi) is 8.38. The summed E-state index contributed by atoms with van der Waals surface area (Å²) < 4.78 is 54.1. The van der Waals surface area contributed by atoms with Gasteiger partial charge in [-0.3, -0.25) is 9.79 Å². The summed E-state index contributed by atoms with van der Waals surface area (Å²) in [6.07, 6.45) is 3.63. The first-order chi connectivity index (χ1) is 19.5. The fraction of sp³-hybridized carbons (Fsp3) is 0.607. The van der Waals surface area contributed by atoms with Crippen molar-refractivity contribution in [3.63, 3.8) is 0 Å². The van der Waals surface area contributed by atoms with Crippen molar-refractivity contribution in [3.8, 4) is 11.6 Å². The summed E-state index contributed by atoms with van der Waals surface area (Å²) >= 11 is 0. The molecule has 13 heteroatoms. The van der Waals surface area contributed by atoms with Gasteiger partial charge in [0.25, 0.3) is 5.91 Å². The highest BCUT2D eigenvalue weighted by Gasteiger charge is 2.48. The lowest BCUT2D eigenvalue weighted by Crippen LogP contribution is -2.51. The zero-order chi connectivity index (χ0) is 29.4. The van der Waals surface area contributed by atoms with Crippen LogP contribution < -0.4 is 11.0 Å². The summed E-state index contributed by atoms with van der Waals surface area (Å²) in [4.78, 5) is 32.2. The molecule has 0 bridgehead atoms. The molecule has 1 aromatic carbocycles. The lowest BCUT2D eigenvalue weighted by molar-refractivity contribution is -0.125. The van der Waals surface area contributed by atoms with E-state index in [0.29, 0.717) is 36.7 Å². The highest BCUT2D eigenvalue weighted by atomic mass is 32.2. The molecule has 1 saturated heterocycles. The monoisotopic (exact) mass is 593 g/mol. The van der Waals surface area contributed by atoms with Crippen LogP contribution in [0.25, 0.3) is 5.69 Å². The topological polar surface area (TPSA) is 137 Å². The number of aromatic hydroxyl groups is 1. The van der Waals surface area contributed by atoms with E-state index in [0.717, 1.165) is 41.4 Å². The van der Waals surface area contributed by atoms with Crippen molar-refractivity contribution in [1.29, 1.82) is 0 Å². The number of benzene rings is 1. The average Bonchev–Trinajstić information content (AvgIpc) is 3.44. The largest absolute Gasteiger partial charge is 0.493 e. The first kappa shape index (κ1) is 29.4. The Balaban J connectivity index is 1.16.